The van der Waals surface area contributed by atoms with E-state index in [2.05, 4.69) is 15.3 Å². The van der Waals surface area contributed by atoms with Crippen molar-refractivity contribution in [2.45, 2.75) is 30.7 Å². The van der Waals surface area contributed by atoms with Crippen LogP contribution in [-0.4, -0.2) is 27.7 Å². The third-order valence-electron chi connectivity index (χ3n) is 3.14. The van der Waals surface area contributed by atoms with E-state index < -0.39 is 4.92 Å². The number of nitrogens with zero attached hydrogens (tertiary/aromatic N) is 3. The molecule has 0 bridgehead atoms. The summed E-state index contributed by atoms with van der Waals surface area (Å²) in [7, 11) is 1.63. The molecule has 0 amide bonds. The zero-order chi connectivity index (χ0) is 13.0. The van der Waals surface area contributed by atoms with Crippen LogP contribution in [0.4, 0.5) is 11.5 Å². The molecule has 1 saturated carbocycles. The summed E-state index contributed by atoms with van der Waals surface area (Å²) in [5.41, 5.74) is -0.0111. The Kier molecular flexibility index (Phi) is 4.35. The largest absolute Gasteiger partial charge is 0.367 e. The average Bonchev–Trinajstić information content (AvgIpc) is 2.88. The van der Waals surface area contributed by atoms with E-state index in [0.29, 0.717) is 10.9 Å². The van der Waals surface area contributed by atoms with Crippen LogP contribution < -0.4 is 5.32 Å². The first kappa shape index (κ1) is 13.1. The molecule has 0 aliphatic heterocycles. The molecule has 2 rings (SSSR count). The van der Waals surface area contributed by atoms with Crippen LogP contribution in [0.15, 0.2) is 11.4 Å². The van der Waals surface area contributed by atoms with Gasteiger partial charge in [0.1, 0.15) is 6.33 Å². The lowest BCUT2D eigenvalue weighted by molar-refractivity contribution is -0.387. The molecular formula is C11H16N4O2S. The number of hydrogen-bond donors (Lipinski definition) is 1. The van der Waals surface area contributed by atoms with Crippen molar-refractivity contribution in [3.05, 3.63) is 16.4 Å². The first-order chi connectivity index (χ1) is 8.72. The van der Waals surface area contributed by atoms with E-state index in [1.165, 1.54) is 43.8 Å². The van der Waals surface area contributed by atoms with Gasteiger partial charge in [-0.2, -0.15) is 0 Å². The first-order valence-corrected chi connectivity index (χ1v) is 7.01. The van der Waals surface area contributed by atoms with Crippen molar-refractivity contribution in [1.29, 1.82) is 0 Å². The summed E-state index contributed by atoms with van der Waals surface area (Å²) in [5, 5.41) is 14.3. The van der Waals surface area contributed by atoms with Crippen molar-refractivity contribution in [3.63, 3.8) is 0 Å². The Bertz CT molecular complexity index is 435. The fourth-order valence-corrected chi connectivity index (χ4v) is 3.35. The van der Waals surface area contributed by atoms with Gasteiger partial charge in [-0.1, -0.05) is 24.6 Å². The molecule has 1 N–H and O–H groups in total. The van der Waals surface area contributed by atoms with Gasteiger partial charge in [-0.15, -0.1) is 0 Å². The van der Waals surface area contributed by atoms with Crippen LogP contribution in [0.25, 0.3) is 0 Å². The highest BCUT2D eigenvalue weighted by atomic mass is 32.2. The number of thioether (sulfide) groups is 1. The van der Waals surface area contributed by atoms with Gasteiger partial charge < -0.3 is 5.32 Å². The highest BCUT2D eigenvalue weighted by Crippen LogP contribution is 2.35. The van der Waals surface area contributed by atoms with E-state index in [-0.39, 0.29) is 11.5 Å². The highest BCUT2D eigenvalue weighted by molar-refractivity contribution is 7.99. The minimum Gasteiger partial charge on any atom is -0.367 e. The fraction of sp³-hybridized carbons (Fsp3) is 0.636. The molecule has 0 spiro atoms. The number of nitro groups is 1. The summed E-state index contributed by atoms with van der Waals surface area (Å²) < 4.78 is 0. The van der Waals surface area contributed by atoms with Gasteiger partial charge in [-0.3, -0.25) is 10.1 Å². The predicted molar refractivity (Wildman–Crippen MR) is 70.9 cm³/mol. The molecule has 1 heterocycles. The maximum Gasteiger partial charge on any atom is 0.343 e. The van der Waals surface area contributed by atoms with Gasteiger partial charge in [0.25, 0.3) is 0 Å². The molecule has 1 aromatic rings. The van der Waals surface area contributed by atoms with Crippen LogP contribution in [0.3, 0.4) is 0 Å². The van der Waals surface area contributed by atoms with E-state index in [0.717, 1.165) is 5.75 Å². The third kappa shape index (κ3) is 2.90. The van der Waals surface area contributed by atoms with Crippen LogP contribution in [0.2, 0.25) is 0 Å². The summed E-state index contributed by atoms with van der Waals surface area (Å²) in [6.07, 6.45) is 6.38. The maximum atomic E-state index is 11.1. The molecule has 1 aromatic heterocycles. The number of anilines is 1. The number of hydrogen-bond acceptors (Lipinski definition) is 6. The summed E-state index contributed by atoms with van der Waals surface area (Å²) in [6, 6.07) is 0. The van der Waals surface area contributed by atoms with Crippen molar-refractivity contribution in [2.24, 2.45) is 5.92 Å². The van der Waals surface area contributed by atoms with Crippen LogP contribution in [0, 0.1) is 16.0 Å². The second kappa shape index (κ2) is 5.99. The van der Waals surface area contributed by atoms with Gasteiger partial charge in [0, 0.05) is 12.8 Å². The second-order valence-corrected chi connectivity index (χ2v) is 5.35. The normalized spacial score (nSPS) is 15.8. The van der Waals surface area contributed by atoms with Crippen molar-refractivity contribution in [3.8, 4) is 0 Å². The summed E-state index contributed by atoms with van der Waals surface area (Å²) >= 11 is 1.47. The Balaban J connectivity index is 2.13. The van der Waals surface area contributed by atoms with E-state index in [9.17, 15) is 10.1 Å². The SMILES string of the molecule is CNc1ncnc(SCC2CCCC2)c1[N+](=O)[O-]. The van der Waals surface area contributed by atoms with Gasteiger partial charge >= 0.3 is 5.69 Å². The minimum atomic E-state index is -0.414. The summed E-state index contributed by atoms with van der Waals surface area (Å²) in [6.45, 7) is 0. The standard InChI is InChI=1S/C11H16N4O2S/c1-12-10-9(15(16)17)11(14-7-13-10)18-6-8-4-2-3-5-8/h7-8H,2-6H2,1H3,(H,12,13,14). The molecule has 1 aliphatic rings. The smallest absolute Gasteiger partial charge is 0.343 e. The molecule has 98 valence electrons. The average molecular weight is 268 g/mol. The Morgan fingerprint density at radius 2 is 2.22 bits per heavy atom. The topological polar surface area (TPSA) is 81.0 Å². The van der Waals surface area contributed by atoms with E-state index >= 15 is 0 Å². The number of aromatic nitrogens is 2. The van der Waals surface area contributed by atoms with Crippen LogP contribution in [-0.2, 0) is 0 Å². The van der Waals surface area contributed by atoms with Gasteiger partial charge in [0.2, 0.25) is 5.82 Å². The van der Waals surface area contributed by atoms with E-state index in [4.69, 9.17) is 0 Å². The molecule has 0 radical (unpaired) electrons. The van der Waals surface area contributed by atoms with Crippen molar-refractivity contribution in [2.75, 3.05) is 18.1 Å². The molecule has 7 heteroatoms. The Labute approximate surface area is 110 Å². The molecule has 0 saturated heterocycles. The third-order valence-corrected chi connectivity index (χ3v) is 4.35. The zero-order valence-electron chi connectivity index (χ0n) is 10.3. The molecule has 6 nitrogen and oxygen atoms in total. The van der Waals surface area contributed by atoms with Gasteiger partial charge in [0.15, 0.2) is 5.03 Å². The number of rotatable bonds is 5. The molecular weight excluding hydrogens is 252 g/mol. The zero-order valence-corrected chi connectivity index (χ0v) is 11.1. The fourth-order valence-electron chi connectivity index (χ4n) is 2.19. The molecule has 1 aliphatic carbocycles. The van der Waals surface area contributed by atoms with Crippen molar-refractivity contribution >= 4 is 23.3 Å². The monoisotopic (exact) mass is 268 g/mol. The molecule has 0 aromatic carbocycles. The van der Waals surface area contributed by atoms with Crippen LogP contribution in [0.5, 0.6) is 0 Å². The highest BCUT2D eigenvalue weighted by Gasteiger charge is 2.24. The molecule has 18 heavy (non-hydrogen) atoms. The summed E-state index contributed by atoms with van der Waals surface area (Å²) in [5.74, 6) is 1.85. The van der Waals surface area contributed by atoms with Crippen molar-refractivity contribution in [1.82, 2.24) is 9.97 Å². The van der Waals surface area contributed by atoms with E-state index in [1.807, 2.05) is 0 Å². The van der Waals surface area contributed by atoms with Crippen LogP contribution in [0.1, 0.15) is 25.7 Å². The predicted octanol–water partition coefficient (Wildman–Crippen LogP) is 2.71. The van der Waals surface area contributed by atoms with E-state index in [1.54, 1.807) is 7.05 Å². The van der Waals surface area contributed by atoms with Gasteiger partial charge in [-0.05, 0) is 18.8 Å². The Hall–Kier alpha value is -1.37. The second-order valence-electron chi connectivity index (χ2n) is 4.34. The first-order valence-electron chi connectivity index (χ1n) is 6.02. The molecule has 0 unspecified atom stereocenters. The number of nitrogens with one attached hydrogen (secondary N) is 1. The maximum absolute atomic E-state index is 11.1. The van der Waals surface area contributed by atoms with Crippen molar-refractivity contribution < 1.29 is 4.92 Å². The lowest BCUT2D eigenvalue weighted by Crippen LogP contribution is -2.04. The van der Waals surface area contributed by atoms with Gasteiger partial charge in [0.05, 0.1) is 4.92 Å². The lowest BCUT2D eigenvalue weighted by atomic mass is 10.1. The Morgan fingerprint density at radius 1 is 1.50 bits per heavy atom. The quantitative estimate of drug-likeness (QED) is 0.383. The lowest BCUT2D eigenvalue weighted by Gasteiger charge is -2.08. The Morgan fingerprint density at radius 3 is 2.83 bits per heavy atom. The molecule has 1 fully saturated rings. The van der Waals surface area contributed by atoms with Crippen LogP contribution >= 0.6 is 11.8 Å². The summed E-state index contributed by atoms with van der Waals surface area (Å²) in [4.78, 5) is 18.6. The molecule has 0 atom stereocenters. The minimum absolute atomic E-state index is 0.0111. The van der Waals surface area contributed by atoms with Gasteiger partial charge in [-0.25, -0.2) is 9.97 Å².